The van der Waals surface area contributed by atoms with E-state index >= 15 is 0 Å². The number of carbonyl (C=O) groups is 1. The monoisotopic (exact) mass is 395 g/mol. The van der Waals surface area contributed by atoms with E-state index in [1.807, 2.05) is 4.90 Å². The van der Waals surface area contributed by atoms with Crippen LogP contribution in [-0.4, -0.2) is 45.2 Å². The lowest BCUT2D eigenvalue weighted by Gasteiger charge is -2.32. The summed E-state index contributed by atoms with van der Waals surface area (Å²) in [6.07, 6.45) is 5.94. The molecular formula is C23H33N5O. The van der Waals surface area contributed by atoms with Crippen molar-refractivity contribution in [2.75, 3.05) is 25.0 Å². The Balaban J connectivity index is 1.22. The van der Waals surface area contributed by atoms with Crippen LogP contribution < -0.4 is 5.32 Å². The second kappa shape index (κ2) is 8.97. The zero-order chi connectivity index (χ0) is 20.2. The summed E-state index contributed by atoms with van der Waals surface area (Å²) >= 11 is 0. The average Bonchev–Trinajstić information content (AvgIpc) is 3.32. The highest BCUT2D eigenvalue weighted by Crippen LogP contribution is 2.21. The number of aryl methyl sites for hydroxylation is 1. The summed E-state index contributed by atoms with van der Waals surface area (Å²) in [5.41, 5.74) is 2.44. The Morgan fingerprint density at radius 1 is 1.14 bits per heavy atom. The number of nitrogens with one attached hydrogen (secondary N) is 1. The van der Waals surface area contributed by atoms with E-state index in [2.05, 4.69) is 58.2 Å². The summed E-state index contributed by atoms with van der Waals surface area (Å²) in [5, 5.41) is 12.2. The molecule has 1 aromatic heterocycles. The number of nitrogens with zero attached hydrogens (tertiary/aromatic N) is 4. The van der Waals surface area contributed by atoms with Gasteiger partial charge >= 0.3 is 0 Å². The summed E-state index contributed by atoms with van der Waals surface area (Å²) in [6, 6.07) is 8.70. The molecule has 1 aromatic carbocycles. The van der Waals surface area contributed by atoms with Crippen molar-refractivity contribution in [3.05, 3.63) is 41.5 Å². The predicted octanol–water partition coefficient (Wildman–Crippen LogP) is 3.51. The third kappa shape index (κ3) is 4.98. The zero-order valence-corrected chi connectivity index (χ0v) is 17.7. The normalized spacial score (nSPS) is 17.0. The highest BCUT2D eigenvalue weighted by molar-refractivity contribution is 5.76. The van der Waals surface area contributed by atoms with Crippen molar-refractivity contribution in [2.24, 2.45) is 11.8 Å². The van der Waals surface area contributed by atoms with Crippen LogP contribution in [0.25, 0.3) is 0 Å². The van der Waals surface area contributed by atoms with Gasteiger partial charge in [-0.15, -0.1) is 10.2 Å². The van der Waals surface area contributed by atoms with Gasteiger partial charge in [0, 0.05) is 51.1 Å². The van der Waals surface area contributed by atoms with Crippen molar-refractivity contribution in [1.82, 2.24) is 19.7 Å². The van der Waals surface area contributed by atoms with Crippen molar-refractivity contribution in [3.63, 3.8) is 0 Å². The van der Waals surface area contributed by atoms with E-state index in [9.17, 15) is 4.79 Å². The molecule has 1 N–H and O–H groups in total. The SMILES string of the molecule is CC(C)CC(=O)N1CCC(CNc2ccc(Cc3nnc4n3CCC4)cc2)CC1. The number of fused-ring (bicyclic) bond motifs is 1. The number of rotatable bonds is 7. The number of carbonyl (C=O) groups excluding carboxylic acids is 1. The van der Waals surface area contributed by atoms with E-state index in [4.69, 9.17) is 0 Å². The summed E-state index contributed by atoms with van der Waals surface area (Å²) in [7, 11) is 0. The number of amides is 1. The molecule has 0 saturated carbocycles. The van der Waals surface area contributed by atoms with E-state index in [-0.39, 0.29) is 0 Å². The standard InChI is InChI=1S/C23H33N5O/c1-17(2)14-23(29)27-12-9-19(10-13-27)16-24-20-7-5-18(6-8-20)15-22-26-25-21-4-3-11-28(21)22/h5-8,17,19,24H,3-4,9-16H2,1-2H3. The van der Waals surface area contributed by atoms with Crippen LogP contribution in [0.4, 0.5) is 5.69 Å². The fraction of sp³-hybridized carbons (Fsp3) is 0.609. The van der Waals surface area contributed by atoms with Crippen LogP contribution in [0.1, 0.15) is 56.7 Å². The van der Waals surface area contributed by atoms with Crippen LogP contribution >= 0.6 is 0 Å². The van der Waals surface area contributed by atoms with Gasteiger partial charge in [-0.05, 0) is 48.8 Å². The number of aromatic nitrogens is 3. The number of piperidine rings is 1. The molecule has 1 amide bonds. The van der Waals surface area contributed by atoms with Crippen molar-refractivity contribution < 1.29 is 4.79 Å². The minimum absolute atomic E-state index is 0.320. The highest BCUT2D eigenvalue weighted by Gasteiger charge is 2.23. The minimum atomic E-state index is 0.320. The number of hydrogen-bond donors (Lipinski definition) is 1. The van der Waals surface area contributed by atoms with Gasteiger partial charge in [-0.25, -0.2) is 0 Å². The van der Waals surface area contributed by atoms with Crippen LogP contribution in [-0.2, 0) is 24.2 Å². The van der Waals surface area contributed by atoms with Crippen molar-refractivity contribution in [3.8, 4) is 0 Å². The van der Waals surface area contributed by atoms with Crippen molar-refractivity contribution in [2.45, 2.75) is 58.9 Å². The van der Waals surface area contributed by atoms with Crippen LogP contribution in [0.3, 0.4) is 0 Å². The Kier molecular flexibility index (Phi) is 6.16. The van der Waals surface area contributed by atoms with Gasteiger partial charge in [-0.2, -0.15) is 0 Å². The molecule has 0 bridgehead atoms. The van der Waals surface area contributed by atoms with Gasteiger partial charge in [0.05, 0.1) is 0 Å². The molecule has 3 heterocycles. The molecule has 0 radical (unpaired) electrons. The average molecular weight is 396 g/mol. The summed E-state index contributed by atoms with van der Waals surface area (Å²) in [6.45, 7) is 8.05. The first-order valence-electron chi connectivity index (χ1n) is 11.1. The summed E-state index contributed by atoms with van der Waals surface area (Å²) in [4.78, 5) is 14.3. The Hall–Kier alpha value is -2.37. The highest BCUT2D eigenvalue weighted by atomic mass is 16.2. The second-order valence-corrected chi connectivity index (χ2v) is 8.96. The maximum absolute atomic E-state index is 12.2. The zero-order valence-electron chi connectivity index (χ0n) is 17.7. The first-order valence-corrected chi connectivity index (χ1v) is 11.1. The first kappa shape index (κ1) is 19.9. The Labute approximate surface area is 173 Å². The van der Waals surface area contributed by atoms with Crippen LogP contribution in [0, 0.1) is 11.8 Å². The Bertz CT molecular complexity index is 818. The molecule has 0 unspecified atom stereocenters. The first-order chi connectivity index (χ1) is 14.1. The van der Waals surface area contributed by atoms with Gasteiger partial charge in [0.15, 0.2) is 0 Å². The van der Waals surface area contributed by atoms with E-state index in [0.717, 1.165) is 63.5 Å². The lowest BCUT2D eigenvalue weighted by molar-refractivity contribution is -0.133. The van der Waals surface area contributed by atoms with Gasteiger partial charge in [-0.3, -0.25) is 4.79 Å². The summed E-state index contributed by atoms with van der Waals surface area (Å²) < 4.78 is 2.27. The maximum atomic E-state index is 12.2. The van der Waals surface area contributed by atoms with Gasteiger partial charge in [-0.1, -0.05) is 26.0 Å². The fourth-order valence-corrected chi connectivity index (χ4v) is 4.39. The molecule has 6 heteroatoms. The molecule has 29 heavy (non-hydrogen) atoms. The third-order valence-corrected chi connectivity index (χ3v) is 6.15. The summed E-state index contributed by atoms with van der Waals surface area (Å²) in [5.74, 6) is 3.61. The van der Waals surface area contributed by atoms with E-state index in [1.165, 1.54) is 17.7 Å². The molecule has 6 nitrogen and oxygen atoms in total. The molecule has 2 aromatic rings. The van der Waals surface area contributed by atoms with Gasteiger partial charge in [0.1, 0.15) is 11.6 Å². The smallest absolute Gasteiger partial charge is 0.222 e. The lowest BCUT2D eigenvalue weighted by atomic mass is 9.96. The molecule has 0 aliphatic carbocycles. The molecule has 1 saturated heterocycles. The minimum Gasteiger partial charge on any atom is -0.385 e. The number of hydrogen-bond acceptors (Lipinski definition) is 4. The molecule has 0 spiro atoms. The van der Waals surface area contributed by atoms with Gasteiger partial charge in [0.25, 0.3) is 0 Å². The molecular weight excluding hydrogens is 362 g/mol. The molecule has 156 valence electrons. The van der Waals surface area contributed by atoms with Crippen LogP contribution in [0.15, 0.2) is 24.3 Å². The van der Waals surface area contributed by atoms with E-state index in [1.54, 1.807) is 0 Å². The fourth-order valence-electron chi connectivity index (χ4n) is 4.39. The van der Waals surface area contributed by atoms with Crippen molar-refractivity contribution in [1.29, 1.82) is 0 Å². The maximum Gasteiger partial charge on any atom is 0.222 e. The van der Waals surface area contributed by atoms with Crippen LogP contribution in [0.2, 0.25) is 0 Å². The molecule has 2 aliphatic rings. The lowest BCUT2D eigenvalue weighted by Crippen LogP contribution is -2.40. The Morgan fingerprint density at radius 2 is 1.90 bits per heavy atom. The molecule has 2 aliphatic heterocycles. The topological polar surface area (TPSA) is 63.1 Å². The number of likely N-dealkylation sites (tertiary alicyclic amines) is 1. The van der Waals surface area contributed by atoms with Gasteiger partial charge < -0.3 is 14.8 Å². The largest absolute Gasteiger partial charge is 0.385 e. The Morgan fingerprint density at radius 3 is 2.62 bits per heavy atom. The number of benzene rings is 1. The second-order valence-electron chi connectivity index (χ2n) is 8.96. The molecule has 4 rings (SSSR count). The predicted molar refractivity (Wildman–Crippen MR) is 115 cm³/mol. The molecule has 0 atom stereocenters. The molecule has 1 fully saturated rings. The van der Waals surface area contributed by atoms with E-state index < -0.39 is 0 Å². The van der Waals surface area contributed by atoms with Crippen molar-refractivity contribution >= 4 is 11.6 Å². The van der Waals surface area contributed by atoms with E-state index in [0.29, 0.717) is 24.2 Å². The van der Waals surface area contributed by atoms with Crippen LogP contribution in [0.5, 0.6) is 0 Å². The number of anilines is 1. The van der Waals surface area contributed by atoms with Gasteiger partial charge in [0.2, 0.25) is 5.91 Å². The third-order valence-electron chi connectivity index (χ3n) is 6.15. The quantitative estimate of drug-likeness (QED) is 0.779.